The average Bonchev–Trinajstić information content (AvgIpc) is 2.71. The highest BCUT2D eigenvalue weighted by Gasteiger charge is 2.08. The Bertz CT molecular complexity index is 514. The van der Waals surface area contributed by atoms with Crippen LogP contribution in [0, 0.1) is 0 Å². The van der Waals surface area contributed by atoms with Gasteiger partial charge in [-0.25, -0.2) is 0 Å². The molecule has 0 aliphatic rings. The maximum Gasteiger partial charge on any atom is 0.399 e. The second-order valence-corrected chi connectivity index (χ2v) is 5.08. The predicted molar refractivity (Wildman–Crippen MR) is 71.2 cm³/mol. The number of nitrogens with zero attached hydrogens (tertiary/aromatic N) is 1. The van der Waals surface area contributed by atoms with Gasteiger partial charge in [0.15, 0.2) is 0 Å². The van der Waals surface area contributed by atoms with Crippen molar-refractivity contribution >= 4 is 31.9 Å². The molecular formula is C11H10Br2N2O2. The Hall–Kier alpha value is -0.850. The SMILES string of the molecule is CNCc1coc(Oc2ccc(Br)cc2Br)n1. The van der Waals surface area contributed by atoms with E-state index in [0.717, 1.165) is 14.6 Å². The zero-order valence-electron chi connectivity index (χ0n) is 9.04. The summed E-state index contributed by atoms with van der Waals surface area (Å²) in [5.74, 6) is 0.658. The molecule has 1 aromatic carbocycles. The fourth-order valence-electron chi connectivity index (χ4n) is 1.25. The first-order valence-electron chi connectivity index (χ1n) is 4.91. The van der Waals surface area contributed by atoms with Crippen LogP contribution in [0.15, 0.2) is 37.8 Å². The van der Waals surface area contributed by atoms with Crippen LogP contribution < -0.4 is 10.1 Å². The summed E-state index contributed by atoms with van der Waals surface area (Å²) in [5.41, 5.74) is 0.802. The quantitative estimate of drug-likeness (QED) is 0.901. The Morgan fingerprint density at radius 2 is 2.24 bits per heavy atom. The molecule has 0 radical (unpaired) electrons. The van der Waals surface area contributed by atoms with Crippen LogP contribution in [-0.4, -0.2) is 12.0 Å². The standard InChI is InChI=1S/C11H10Br2N2O2/c1-14-5-8-6-16-11(15-8)17-10-3-2-7(12)4-9(10)13/h2-4,6,14H,5H2,1H3. The lowest BCUT2D eigenvalue weighted by Gasteiger charge is -2.03. The topological polar surface area (TPSA) is 47.3 Å². The van der Waals surface area contributed by atoms with Gasteiger partial charge in [-0.1, -0.05) is 15.9 Å². The van der Waals surface area contributed by atoms with Crippen LogP contribution in [-0.2, 0) is 6.54 Å². The molecule has 4 nitrogen and oxygen atoms in total. The van der Waals surface area contributed by atoms with Crippen LogP contribution in [0.5, 0.6) is 11.8 Å². The fourth-order valence-corrected chi connectivity index (χ4v) is 2.38. The average molecular weight is 362 g/mol. The number of aromatic nitrogens is 1. The van der Waals surface area contributed by atoms with Gasteiger partial charge in [-0.2, -0.15) is 4.98 Å². The van der Waals surface area contributed by atoms with Crippen molar-refractivity contribution in [1.82, 2.24) is 10.3 Å². The van der Waals surface area contributed by atoms with E-state index in [2.05, 4.69) is 42.2 Å². The van der Waals surface area contributed by atoms with Crippen molar-refractivity contribution in [3.63, 3.8) is 0 Å². The van der Waals surface area contributed by atoms with E-state index in [-0.39, 0.29) is 6.08 Å². The Labute approximate surface area is 116 Å². The van der Waals surface area contributed by atoms with Crippen molar-refractivity contribution in [1.29, 1.82) is 0 Å². The van der Waals surface area contributed by atoms with Crippen LogP contribution >= 0.6 is 31.9 Å². The summed E-state index contributed by atoms with van der Waals surface area (Å²) < 4.78 is 12.5. The molecule has 0 unspecified atom stereocenters. The zero-order valence-corrected chi connectivity index (χ0v) is 12.2. The van der Waals surface area contributed by atoms with Crippen LogP contribution in [0.1, 0.15) is 5.69 Å². The minimum atomic E-state index is 0.235. The molecule has 0 aliphatic heterocycles. The minimum absolute atomic E-state index is 0.235. The number of hydrogen-bond donors (Lipinski definition) is 1. The van der Waals surface area contributed by atoms with E-state index in [1.165, 1.54) is 0 Å². The summed E-state index contributed by atoms with van der Waals surface area (Å²) >= 11 is 6.78. The normalized spacial score (nSPS) is 10.5. The third-order valence-electron chi connectivity index (χ3n) is 1.98. The first-order valence-corrected chi connectivity index (χ1v) is 6.49. The van der Waals surface area contributed by atoms with Gasteiger partial charge in [-0.15, -0.1) is 0 Å². The van der Waals surface area contributed by atoms with Crippen LogP contribution in [0.25, 0.3) is 0 Å². The summed E-state index contributed by atoms with van der Waals surface area (Å²) in [7, 11) is 1.85. The molecule has 1 aromatic heterocycles. The predicted octanol–water partition coefficient (Wildman–Crippen LogP) is 3.71. The molecule has 0 amide bonds. The van der Waals surface area contributed by atoms with Crippen LogP contribution in [0.2, 0.25) is 0 Å². The van der Waals surface area contributed by atoms with Crippen LogP contribution in [0.3, 0.4) is 0 Å². The van der Waals surface area contributed by atoms with Crippen molar-refractivity contribution in [3.05, 3.63) is 39.1 Å². The van der Waals surface area contributed by atoms with Gasteiger partial charge >= 0.3 is 6.08 Å². The summed E-state index contributed by atoms with van der Waals surface area (Å²) in [6.45, 7) is 0.647. The number of halogens is 2. The number of oxazole rings is 1. The number of ether oxygens (including phenoxy) is 1. The molecule has 0 bridgehead atoms. The molecule has 1 N–H and O–H groups in total. The van der Waals surface area contributed by atoms with Gasteiger partial charge in [0.25, 0.3) is 0 Å². The van der Waals surface area contributed by atoms with Gasteiger partial charge in [0.1, 0.15) is 12.0 Å². The van der Waals surface area contributed by atoms with E-state index < -0.39 is 0 Å². The molecule has 17 heavy (non-hydrogen) atoms. The minimum Gasteiger partial charge on any atom is -0.417 e. The maximum atomic E-state index is 5.52. The van der Waals surface area contributed by atoms with Crippen molar-refractivity contribution in [2.45, 2.75) is 6.54 Å². The fraction of sp³-hybridized carbons (Fsp3) is 0.182. The molecule has 6 heteroatoms. The monoisotopic (exact) mass is 360 g/mol. The molecule has 1 heterocycles. The first-order chi connectivity index (χ1) is 8.19. The summed E-state index contributed by atoms with van der Waals surface area (Å²) in [5, 5.41) is 2.99. The molecule has 0 spiro atoms. The second-order valence-electron chi connectivity index (χ2n) is 3.31. The van der Waals surface area contributed by atoms with Crippen molar-refractivity contribution in [3.8, 4) is 11.8 Å². The summed E-state index contributed by atoms with van der Waals surface area (Å²) in [6, 6.07) is 5.61. The summed E-state index contributed by atoms with van der Waals surface area (Å²) in [6.07, 6.45) is 1.80. The third kappa shape index (κ3) is 3.31. The smallest absolute Gasteiger partial charge is 0.399 e. The maximum absolute atomic E-state index is 5.52. The number of benzene rings is 1. The molecule has 0 atom stereocenters. The highest BCUT2D eigenvalue weighted by atomic mass is 79.9. The molecule has 2 aromatic rings. The lowest BCUT2D eigenvalue weighted by atomic mass is 10.3. The second kappa shape index (κ2) is 5.66. The lowest BCUT2D eigenvalue weighted by Crippen LogP contribution is -2.04. The van der Waals surface area contributed by atoms with Crippen molar-refractivity contribution < 1.29 is 9.15 Å². The van der Waals surface area contributed by atoms with E-state index in [9.17, 15) is 0 Å². The van der Waals surface area contributed by atoms with Gasteiger partial charge in [0, 0.05) is 11.0 Å². The molecule has 0 fully saturated rings. The van der Waals surface area contributed by atoms with Gasteiger partial charge in [0.05, 0.1) is 10.2 Å². The molecule has 0 saturated heterocycles. The molecule has 0 aliphatic carbocycles. The molecule has 2 rings (SSSR count). The number of rotatable bonds is 4. The Morgan fingerprint density at radius 3 is 2.94 bits per heavy atom. The first kappa shape index (κ1) is 12.6. The highest BCUT2D eigenvalue weighted by Crippen LogP contribution is 2.31. The zero-order chi connectivity index (χ0) is 12.3. The van der Waals surface area contributed by atoms with E-state index in [4.69, 9.17) is 9.15 Å². The largest absolute Gasteiger partial charge is 0.417 e. The van der Waals surface area contributed by atoms with Gasteiger partial charge in [0.2, 0.25) is 0 Å². The summed E-state index contributed by atoms with van der Waals surface area (Å²) in [4.78, 5) is 4.17. The third-order valence-corrected chi connectivity index (χ3v) is 3.09. The van der Waals surface area contributed by atoms with Crippen molar-refractivity contribution in [2.24, 2.45) is 0 Å². The Morgan fingerprint density at radius 1 is 1.41 bits per heavy atom. The highest BCUT2D eigenvalue weighted by molar-refractivity contribution is 9.11. The van der Waals surface area contributed by atoms with Crippen molar-refractivity contribution in [2.75, 3.05) is 7.05 Å². The van der Waals surface area contributed by atoms with E-state index in [1.807, 2.05) is 25.2 Å². The lowest BCUT2D eigenvalue weighted by molar-refractivity contribution is 0.329. The van der Waals surface area contributed by atoms with E-state index in [0.29, 0.717) is 12.3 Å². The van der Waals surface area contributed by atoms with Crippen LogP contribution in [0.4, 0.5) is 0 Å². The Balaban J connectivity index is 2.13. The van der Waals surface area contributed by atoms with E-state index in [1.54, 1.807) is 6.26 Å². The Kier molecular flexibility index (Phi) is 4.20. The number of nitrogens with one attached hydrogen (secondary N) is 1. The molecule has 0 saturated carbocycles. The van der Waals surface area contributed by atoms with E-state index >= 15 is 0 Å². The van der Waals surface area contributed by atoms with Gasteiger partial charge in [-0.05, 0) is 41.2 Å². The molecule has 90 valence electrons. The number of hydrogen-bond acceptors (Lipinski definition) is 4. The van der Waals surface area contributed by atoms with Gasteiger partial charge < -0.3 is 14.5 Å². The molecular weight excluding hydrogens is 352 g/mol. The van der Waals surface area contributed by atoms with Gasteiger partial charge in [-0.3, -0.25) is 0 Å².